The molecule has 0 saturated heterocycles. The SMILES string of the molecule is Nc1nc2c(c(=O)[nH]1)CN(Cc1c(F)ccc(F)c1Cl)CC2. The number of H-pyrrole nitrogens is 1. The zero-order valence-electron chi connectivity index (χ0n) is 11.5. The fourth-order valence-electron chi connectivity index (χ4n) is 2.57. The molecule has 116 valence electrons. The number of fused-ring (bicyclic) bond motifs is 1. The molecule has 0 bridgehead atoms. The molecule has 0 amide bonds. The van der Waals surface area contributed by atoms with Crippen LogP contribution < -0.4 is 11.3 Å². The molecule has 1 aliphatic rings. The number of nitrogens with zero attached hydrogens (tertiary/aromatic N) is 2. The number of nitrogen functional groups attached to an aromatic ring is 1. The van der Waals surface area contributed by atoms with Crippen molar-refractivity contribution in [1.29, 1.82) is 0 Å². The molecule has 8 heteroatoms. The summed E-state index contributed by atoms with van der Waals surface area (Å²) < 4.78 is 27.3. The minimum atomic E-state index is -0.664. The molecule has 0 saturated carbocycles. The van der Waals surface area contributed by atoms with Gasteiger partial charge in [0.2, 0.25) is 5.95 Å². The second kappa shape index (κ2) is 5.66. The first-order valence-electron chi connectivity index (χ1n) is 6.68. The van der Waals surface area contributed by atoms with Crippen LogP contribution in [0.3, 0.4) is 0 Å². The quantitative estimate of drug-likeness (QED) is 0.826. The van der Waals surface area contributed by atoms with Crippen molar-refractivity contribution in [3.63, 3.8) is 0 Å². The third-order valence-corrected chi connectivity index (χ3v) is 4.10. The highest BCUT2D eigenvalue weighted by Gasteiger charge is 2.23. The Balaban J connectivity index is 1.88. The number of aromatic amines is 1. The Morgan fingerprint density at radius 3 is 2.86 bits per heavy atom. The summed E-state index contributed by atoms with van der Waals surface area (Å²) in [6.45, 7) is 0.949. The number of benzene rings is 1. The Labute approximate surface area is 129 Å². The smallest absolute Gasteiger partial charge is 0.257 e. The van der Waals surface area contributed by atoms with E-state index in [4.69, 9.17) is 17.3 Å². The molecule has 0 spiro atoms. The van der Waals surface area contributed by atoms with Crippen LogP contribution in [0.5, 0.6) is 0 Å². The Morgan fingerprint density at radius 2 is 2.09 bits per heavy atom. The van der Waals surface area contributed by atoms with Crippen LogP contribution in [0.2, 0.25) is 5.02 Å². The van der Waals surface area contributed by atoms with E-state index in [0.717, 1.165) is 12.1 Å². The van der Waals surface area contributed by atoms with Gasteiger partial charge < -0.3 is 5.73 Å². The first-order chi connectivity index (χ1) is 10.5. The van der Waals surface area contributed by atoms with E-state index in [1.54, 1.807) is 0 Å². The molecule has 1 aromatic carbocycles. The van der Waals surface area contributed by atoms with Gasteiger partial charge in [0.05, 0.1) is 16.3 Å². The number of halogens is 3. The van der Waals surface area contributed by atoms with E-state index in [9.17, 15) is 13.6 Å². The predicted octanol–water partition coefficient (Wildman–Crippen LogP) is 1.84. The van der Waals surface area contributed by atoms with E-state index in [2.05, 4.69) is 9.97 Å². The molecular weight excluding hydrogens is 314 g/mol. The lowest BCUT2D eigenvalue weighted by atomic mass is 10.1. The summed E-state index contributed by atoms with van der Waals surface area (Å²) in [5.74, 6) is -1.15. The molecule has 1 aliphatic heterocycles. The van der Waals surface area contributed by atoms with Gasteiger partial charge in [-0.1, -0.05) is 11.6 Å². The van der Waals surface area contributed by atoms with Gasteiger partial charge in [-0.15, -0.1) is 0 Å². The number of rotatable bonds is 2. The van der Waals surface area contributed by atoms with E-state index < -0.39 is 11.6 Å². The van der Waals surface area contributed by atoms with Crippen molar-refractivity contribution < 1.29 is 8.78 Å². The molecule has 0 radical (unpaired) electrons. The second-order valence-corrected chi connectivity index (χ2v) is 5.54. The fraction of sp³-hybridized carbons (Fsp3) is 0.286. The largest absolute Gasteiger partial charge is 0.369 e. The average molecular weight is 327 g/mol. The molecule has 2 aromatic rings. The first kappa shape index (κ1) is 14.9. The lowest BCUT2D eigenvalue weighted by Crippen LogP contribution is -2.35. The Hall–Kier alpha value is -1.99. The lowest BCUT2D eigenvalue weighted by molar-refractivity contribution is 0.238. The van der Waals surface area contributed by atoms with Gasteiger partial charge >= 0.3 is 0 Å². The number of nitrogens with one attached hydrogen (secondary N) is 1. The summed E-state index contributed by atoms with van der Waals surface area (Å²) in [5, 5.41) is -0.227. The van der Waals surface area contributed by atoms with Crippen molar-refractivity contribution in [2.24, 2.45) is 0 Å². The third-order valence-electron chi connectivity index (χ3n) is 3.69. The minimum Gasteiger partial charge on any atom is -0.369 e. The second-order valence-electron chi connectivity index (χ2n) is 5.16. The van der Waals surface area contributed by atoms with Crippen molar-refractivity contribution in [2.45, 2.75) is 19.5 Å². The number of hydrogen-bond acceptors (Lipinski definition) is 4. The molecular formula is C14H13ClF2N4O. The van der Waals surface area contributed by atoms with Crippen LogP contribution in [0.1, 0.15) is 16.8 Å². The minimum absolute atomic E-state index is 0.0800. The van der Waals surface area contributed by atoms with Crippen LogP contribution >= 0.6 is 11.6 Å². The Morgan fingerprint density at radius 1 is 1.36 bits per heavy atom. The van der Waals surface area contributed by atoms with E-state index in [0.29, 0.717) is 24.2 Å². The Kier molecular flexibility index (Phi) is 3.84. The topological polar surface area (TPSA) is 75.0 Å². The highest BCUT2D eigenvalue weighted by molar-refractivity contribution is 6.31. The van der Waals surface area contributed by atoms with E-state index >= 15 is 0 Å². The van der Waals surface area contributed by atoms with Crippen molar-refractivity contribution in [2.75, 3.05) is 12.3 Å². The van der Waals surface area contributed by atoms with Crippen molar-refractivity contribution >= 4 is 17.5 Å². The molecule has 0 fully saturated rings. The maximum Gasteiger partial charge on any atom is 0.257 e. The van der Waals surface area contributed by atoms with Crippen LogP contribution in [-0.2, 0) is 19.5 Å². The number of hydrogen-bond donors (Lipinski definition) is 2. The van der Waals surface area contributed by atoms with Crippen molar-refractivity contribution in [3.05, 3.63) is 56.0 Å². The first-order valence-corrected chi connectivity index (χ1v) is 7.05. The van der Waals surface area contributed by atoms with E-state index in [1.807, 2.05) is 4.90 Å². The van der Waals surface area contributed by atoms with Crippen LogP contribution in [0.15, 0.2) is 16.9 Å². The monoisotopic (exact) mass is 326 g/mol. The molecule has 0 unspecified atom stereocenters. The normalized spacial score (nSPS) is 14.9. The van der Waals surface area contributed by atoms with Crippen LogP contribution in [-0.4, -0.2) is 21.4 Å². The molecule has 5 nitrogen and oxygen atoms in total. The maximum absolute atomic E-state index is 13.8. The number of aromatic nitrogens is 2. The zero-order valence-corrected chi connectivity index (χ0v) is 12.3. The molecule has 2 heterocycles. The van der Waals surface area contributed by atoms with Gasteiger partial charge in [-0.2, -0.15) is 0 Å². The van der Waals surface area contributed by atoms with Gasteiger partial charge in [0.25, 0.3) is 5.56 Å². The van der Waals surface area contributed by atoms with Gasteiger partial charge in [0, 0.05) is 31.6 Å². The third kappa shape index (κ3) is 2.69. The van der Waals surface area contributed by atoms with E-state index in [1.165, 1.54) is 0 Å². The maximum atomic E-state index is 13.8. The van der Waals surface area contributed by atoms with Crippen molar-refractivity contribution in [1.82, 2.24) is 14.9 Å². The van der Waals surface area contributed by atoms with Gasteiger partial charge in [-0.25, -0.2) is 13.8 Å². The lowest BCUT2D eigenvalue weighted by Gasteiger charge is -2.28. The zero-order chi connectivity index (χ0) is 15.9. The summed E-state index contributed by atoms with van der Waals surface area (Å²) in [6.07, 6.45) is 0.512. The average Bonchev–Trinajstić information content (AvgIpc) is 2.48. The van der Waals surface area contributed by atoms with Crippen LogP contribution in [0.25, 0.3) is 0 Å². The van der Waals surface area contributed by atoms with Crippen LogP contribution in [0, 0.1) is 11.6 Å². The van der Waals surface area contributed by atoms with Gasteiger partial charge in [0.15, 0.2) is 0 Å². The number of anilines is 1. The van der Waals surface area contributed by atoms with Gasteiger partial charge in [0.1, 0.15) is 11.6 Å². The summed E-state index contributed by atoms with van der Waals surface area (Å²) in [7, 11) is 0. The molecule has 3 rings (SSSR count). The molecule has 0 atom stereocenters. The summed E-state index contributed by atoms with van der Waals surface area (Å²) in [5.41, 5.74) is 6.42. The van der Waals surface area contributed by atoms with Gasteiger partial charge in [-0.3, -0.25) is 14.7 Å². The number of nitrogens with two attached hydrogens (primary N) is 1. The predicted molar refractivity (Wildman–Crippen MR) is 78.5 cm³/mol. The van der Waals surface area contributed by atoms with Gasteiger partial charge in [-0.05, 0) is 12.1 Å². The Bertz CT molecular complexity index is 793. The molecule has 3 N–H and O–H groups in total. The summed E-state index contributed by atoms with van der Waals surface area (Å²) in [6, 6.07) is 2.04. The van der Waals surface area contributed by atoms with Crippen molar-refractivity contribution in [3.8, 4) is 0 Å². The van der Waals surface area contributed by atoms with Crippen LogP contribution in [0.4, 0.5) is 14.7 Å². The summed E-state index contributed by atoms with van der Waals surface area (Å²) in [4.78, 5) is 20.3. The molecule has 0 aliphatic carbocycles. The molecule has 1 aromatic heterocycles. The standard InChI is InChI=1S/C14H13ClF2N4O/c15-12-7(9(16)1-2-10(12)17)5-21-4-3-11-8(6-21)13(22)20-14(18)19-11/h1-2H,3-6H2,(H3,18,19,20,22). The highest BCUT2D eigenvalue weighted by atomic mass is 35.5. The fourth-order valence-corrected chi connectivity index (χ4v) is 2.79. The summed E-state index contributed by atoms with van der Waals surface area (Å²) >= 11 is 5.83. The molecule has 22 heavy (non-hydrogen) atoms. The highest BCUT2D eigenvalue weighted by Crippen LogP contribution is 2.26. The van der Waals surface area contributed by atoms with E-state index in [-0.39, 0.29) is 35.2 Å².